The van der Waals surface area contributed by atoms with Crippen LogP contribution < -0.4 is 5.32 Å². The van der Waals surface area contributed by atoms with Crippen LogP contribution in [0.25, 0.3) is 0 Å². The molecule has 6 heteroatoms. The van der Waals surface area contributed by atoms with Crippen molar-refractivity contribution < 1.29 is 15.0 Å². The number of phenolic OH excluding ortho intramolecular Hbond substituents is 1. The van der Waals surface area contributed by atoms with Gasteiger partial charge in [0.25, 0.3) is 0 Å². The van der Waals surface area contributed by atoms with Crippen LogP contribution in [-0.2, 0) is 6.42 Å². The zero-order chi connectivity index (χ0) is 18.7. The molecule has 0 radical (unpaired) electrons. The van der Waals surface area contributed by atoms with Gasteiger partial charge in [-0.05, 0) is 37.6 Å². The van der Waals surface area contributed by atoms with Crippen molar-refractivity contribution in [2.24, 2.45) is 0 Å². The average molecular weight is 349 g/mol. The molecular formula is C20H19N3O3. The lowest BCUT2D eigenvalue weighted by Gasteiger charge is -2.15. The summed E-state index contributed by atoms with van der Waals surface area (Å²) in [5.74, 6) is -0.0319. The molecule has 1 aromatic heterocycles. The Morgan fingerprint density at radius 2 is 1.81 bits per heavy atom. The summed E-state index contributed by atoms with van der Waals surface area (Å²) < 4.78 is 0. The smallest absolute Gasteiger partial charge is 0.335 e. The van der Waals surface area contributed by atoms with E-state index in [1.807, 2.05) is 37.3 Å². The fourth-order valence-corrected chi connectivity index (χ4v) is 2.75. The lowest BCUT2D eigenvalue weighted by molar-refractivity contribution is 0.0696. The van der Waals surface area contributed by atoms with Crippen LogP contribution in [0.3, 0.4) is 0 Å². The molecular weight excluding hydrogens is 330 g/mol. The number of aromatic nitrogens is 2. The maximum atomic E-state index is 11.0. The summed E-state index contributed by atoms with van der Waals surface area (Å²) in [5, 5.41) is 22.3. The number of anilines is 2. The Morgan fingerprint density at radius 3 is 2.46 bits per heavy atom. The number of carboxylic acid groups (broad SMARTS) is 1. The Balaban J connectivity index is 1.98. The molecule has 3 N–H and O–H groups in total. The SMILES string of the molecule is Cc1nc(C)c(Cc2ccccc2)c(Nc2ccc(C(=O)O)cc2O)n1. The molecule has 0 bridgehead atoms. The highest BCUT2D eigenvalue weighted by atomic mass is 16.4. The quantitative estimate of drug-likeness (QED) is 0.606. The first-order chi connectivity index (χ1) is 12.4. The molecule has 0 saturated heterocycles. The molecule has 0 atom stereocenters. The van der Waals surface area contributed by atoms with Crippen LogP contribution in [0.1, 0.15) is 33.0 Å². The normalized spacial score (nSPS) is 10.5. The second-order valence-electron chi connectivity index (χ2n) is 6.01. The fourth-order valence-electron chi connectivity index (χ4n) is 2.75. The molecule has 2 aromatic carbocycles. The molecule has 0 saturated carbocycles. The van der Waals surface area contributed by atoms with Gasteiger partial charge in [0.15, 0.2) is 0 Å². The number of carbonyl (C=O) groups is 1. The number of aromatic carboxylic acids is 1. The van der Waals surface area contributed by atoms with E-state index in [4.69, 9.17) is 5.11 Å². The van der Waals surface area contributed by atoms with Crippen molar-refractivity contribution in [3.8, 4) is 5.75 Å². The Hall–Kier alpha value is -3.41. The summed E-state index contributed by atoms with van der Waals surface area (Å²) in [4.78, 5) is 19.9. The first-order valence-electron chi connectivity index (χ1n) is 8.15. The molecule has 0 aliphatic rings. The van der Waals surface area contributed by atoms with E-state index in [0.29, 0.717) is 23.8 Å². The second-order valence-corrected chi connectivity index (χ2v) is 6.01. The maximum Gasteiger partial charge on any atom is 0.335 e. The lowest BCUT2D eigenvalue weighted by Crippen LogP contribution is -2.07. The van der Waals surface area contributed by atoms with E-state index < -0.39 is 5.97 Å². The lowest BCUT2D eigenvalue weighted by atomic mass is 10.0. The number of aryl methyl sites for hydroxylation is 2. The number of aromatic hydroxyl groups is 1. The Morgan fingerprint density at radius 1 is 1.08 bits per heavy atom. The Bertz CT molecular complexity index is 956. The number of hydrogen-bond donors (Lipinski definition) is 3. The summed E-state index contributed by atoms with van der Waals surface area (Å²) in [6, 6.07) is 14.1. The van der Waals surface area contributed by atoms with E-state index >= 15 is 0 Å². The molecule has 0 fully saturated rings. The molecule has 0 spiro atoms. The van der Waals surface area contributed by atoms with E-state index in [9.17, 15) is 9.90 Å². The summed E-state index contributed by atoms with van der Waals surface area (Å²) in [7, 11) is 0. The molecule has 26 heavy (non-hydrogen) atoms. The number of nitrogens with zero attached hydrogens (tertiary/aromatic N) is 2. The highest BCUT2D eigenvalue weighted by Crippen LogP contribution is 2.30. The minimum atomic E-state index is -1.09. The number of phenols is 1. The van der Waals surface area contributed by atoms with Gasteiger partial charge >= 0.3 is 5.97 Å². The number of nitrogens with one attached hydrogen (secondary N) is 1. The minimum absolute atomic E-state index is 0.0209. The van der Waals surface area contributed by atoms with Crippen molar-refractivity contribution in [1.82, 2.24) is 9.97 Å². The van der Waals surface area contributed by atoms with Gasteiger partial charge in [0.2, 0.25) is 0 Å². The molecule has 6 nitrogen and oxygen atoms in total. The zero-order valence-corrected chi connectivity index (χ0v) is 14.5. The number of benzene rings is 2. The Labute approximate surface area is 151 Å². The highest BCUT2D eigenvalue weighted by Gasteiger charge is 2.14. The van der Waals surface area contributed by atoms with Crippen molar-refractivity contribution in [2.75, 3.05) is 5.32 Å². The van der Waals surface area contributed by atoms with Gasteiger partial charge in [0.1, 0.15) is 17.4 Å². The summed E-state index contributed by atoms with van der Waals surface area (Å²) in [5.41, 5.74) is 3.31. The number of hydrogen-bond acceptors (Lipinski definition) is 5. The molecule has 3 rings (SSSR count). The molecule has 0 unspecified atom stereocenters. The molecule has 0 amide bonds. The van der Waals surface area contributed by atoms with Crippen molar-refractivity contribution >= 4 is 17.5 Å². The molecule has 3 aromatic rings. The van der Waals surface area contributed by atoms with Crippen LogP contribution in [0.2, 0.25) is 0 Å². The first kappa shape index (κ1) is 17.4. The van der Waals surface area contributed by atoms with E-state index in [1.165, 1.54) is 18.2 Å². The third-order valence-electron chi connectivity index (χ3n) is 4.05. The van der Waals surface area contributed by atoms with Crippen LogP contribution in [0, 0.1) is 13.8 Å². The second kappa shape index (κ2) is 7.23. The van der Waals surface area contributed by atoms with Crippen LogP contribution in [0.4, 0.5) is 11.5 Å². The van der Waals surface area contributed by atoms with Gasteiger partial charge in [-0.3, -0.25) is 0 Å². The van der Waals surface area contributed by atoms with Gasteiger partial charge in [-0.2, -0.15) is 0 Å². The van der Waals surface area contributed by atoms with Gasteiger partial charge in [0.05, 0.1) is 11.3 Å². The predicted molar refractivity (Wildman–Crippen MR) is 99.1 cm³/mol. The molecule has 0 aliphatic carbocycles. The zero-order valence-electron chi connectivity index (χ0n) is 14.5. The van der Waals surface area contributed by atoms with Crippen molar-refractivity contribution in [2.45, 2.75) is 20.3 Å². The predicted octanol–water partition coefficient (Wildman–Crippen LogP) is 3.83. The van der Waals surface area contributed by atoms with Gasteiger partial charge < -0.3 is 15.5 Å². The van der Waals surface area contributed by atoms with E-state index in [0.717, 1.165) is 16.8 Å². The van der Waals surface area contributed by atoms with Gasteiger partial charge in [-0.15, -0.1) is 0 Å². The van der Waals surface area contributed by atoms with Gasteiger partial charge in [0, 0.05) is 17.7 Å². The topological polar surface area (TPSA) is 95.3 Å². The van der Waals surface area contributed by atoms with Crippen molar-refractivity contribution in [3.63, 3.8) is 0 Å². The molecule has 1 heterocycles. The first-order valence-corrected chi connectivity index (χ1v) is 8.15. The van der Waals surface area contributed by atoms with Crippen LogP contribution in [-0.4, -0.2) is 26.2 Å². The van der Waals surface area contributed by atoms with Crippen molar-refractivity contribution in [3.05, 3.63) is 76.7 Å². The van der Waals surface area contributed by atoms with Crippen LogP contribution >= 0.6 is 0 Å². The van der Waals surface area contributed by atoms with E-state index in [-0.39, 0.29) is 11.3 Å². The largest absolute Gasteiger partial charge is 0.506 e. The van der Waals surface area contributed by atoms with Gasteiger partial charge in [-0.25, -0.2) is 14.8 Å². The minimum Gasteiger partial charge on any atom is -0.506 e. The fraction of sp³-hybridized carbons (Fsp3) is 0.150. The molecule has 0 aliphatic heterocycles. The van der Waals surface area contributed by atoms with Crippen LogP contribution in [0.5, 0.6) is 5.75 Å². The third-order valence-corrected chi connectivity index (χ3v) is 4.05. The van der Waals surface area contributed by atoms with Crippen LogP contribution in [0.15, 0.2) is 48.5 Å². The summed E-state index contributed by atoms with van der Waals surface area (Å²) in [6.07, 6.45) is 0.642. The van der Waals surface area contributed by atoms with Crippen molar-refractivity contribution in [1.29, 1.82) is 0 Å². The molecule has 132 valence electrons. The highest BCUT2D eigenvalue weighted by molar-refractivity contribution is 5.89. The standard InChI is InChI=1S/C20H19N3O3/c1-12-16(10-14-6-4-3-5-7-14)19(22-13(2)21-12)23-17-9-8-15(20(25)26)11-18(17)24/h3-9,11,24H,10H2,1-2H3,(H,25,26)(H,21,22,23). The summed E-state index contributed by atoms with van der Waals surface area (Å²) >= 11 is 0. The van der Waals surface area contributed by atoms with E-state index in [2.05, 4.69) is 15.3 Å². The monoisotopic (exact) mass is 349 g/mol. The summed E-state index contributed by atoms with van der Waals surface area (Å²) in [6.45, 7) is 3.73. The average Bonchev–Trinajstić information content (AvgIpc) is 2.60. The number of carboxylic acids is 1. The third kappa shape index (κ3) is 3.80. The Kier molecular flexibility index (Phi) is 4.84. The maximum absolute atomic E-state index is 11.0. The van der Waals surface area contributed by atoms with E-state index in [1.54, 1.807) is 6.92 Å². The number of rotatable bonds is 5. The van der Waals surface area contributed by atoms with Gasteiger partial charge in [-0.1, -0.05) is 30.3 Å².